The van der Waals surface area contributed by atoms with Gasteiger partial charge in [0.25, 0.3) is 11.6 Å². The minimum Gasteiger partial charge on any atom is -0.452 e. The normalized spacial score (nSPS) is 10.2. The van der Waals surface area contributed by atoms with Crippen LogP contribution in [0.15, 0.2) is 18.2 Å². The summed E-state index contributed by atoms with van der Waals surface area (Å²) in [6.45, 7) is 2.94. The van der Waals surface area contributed by atoms with Crippen molar-refractivity contribution < 1.29 is 24.0 Å². The molecule has 9 heteroatoms. The van der Waals surface area contributed by atoms with E-state index < -0.39 is 23.4 Å². The average Bonchev–Trinajstić information content (AvgIpc) is 2.63. The quantitative estimate of drug-likeness (QED) is 0.251. The summed E-state index contributed by atoms with van der Waals surface area (Å²) in [5.41, 5.74) is 0.133. The largest absolute Gasteiger partial charge is 0.452 e. The number of nitrogens with one attached hydrogen (secondary N) is 2. The van der Waals surface area contributed by atoms with Crippen LogP contribution in [0.4, 0.5) is 11.4 Å². The maximum Gasteiger partial charge on any atom is 0.341 e. The van der Waals surface area contributed by atoms with Gasteiger partial charge in [-0.05, 0) is 12.5 Å². The summed E-state index contributed by atoms with van der Waals surface area (Å²) in [7, 11) is 1.53. The van der Waals surface area contributed by atoms with Crippen molar-refractivity contribution in [1.82, 2.24) is 5.32 Å². The number of benzene rings is 1. The van der Waals surface area contributed by atoms with Crippen LogP contribution in [-0.2, 0) is 14.3 Å². The topological polar surface area (TPSA) is 120 Å². The number of anilines is 1. The van der Waals surface area contributed by atoms with E-state index in [0.717, 1.165) is 25.3 Å². The van der Waals surface area contributed by atoms with Crippen molar-refractivity contribution in [2.75, 3.05) is 38.7 Å². The lowest BCUT2D eigenvalue weighted by Crippen LogP contribution is -2.29. The van der Waals surface area contributed by atoms with Crippen molar-refractivity contribution in [3.8, 4) is 0 Å². The molecular weight excluding hydrogens is 342 g/mol. The zero-order valence-electron chi connectivity index (χ0n) is 15.1. The van der Waals surface area contributed by atoms with Crippen molar-refractivity contribution in [1.29, 1.82) is 0 Å². The monoisotopic (exact) mass is 367 g/mol. The van der Waals surface area contributed by atoms with Crippen molar-refractivity contribution >= 4 is 23.3 Å². The molecule has 2 N–H and O–H groups in total. The van der Waals surface area contributed by atoms with Gasteiger partial charge in [0.05, 0.1) is 17.1 Å². The maximum atomic E-state index is 12.3. The van der Waals surface area contributed by atoms with Gasteiger partial charge in [-0.2, -0.15) is 0 Å². The molecule has 0 aliphatic heterocycles. The second kappa shape index (κ2) is 11.8. The molecule has 0 saturated heterocycles. The van der Waals surface area contributed by atoms with Gasteiger partial charge in [0.2, 0.25) is 0 Å². The highest BCUT2D eigenvalue weighted by atomic mass is 16.6. The maximum absolute atomic E-state index is 12.3. The molecule has 0 fully saturated rings. The molecule has 0 unspecified atom stereocenters. The standard InChI is InChI=1S/C17H25N3O6/c1-3-4-5-8-19-16(21)12-26-17(22)14-11-13(20(23)24)6-7-15(14)18-9-10-25-2/h6-7,11,18H,3-5,8-10,12H2,1-2H3,(H,19,21). The van der Waals surface area contributed by atoms with Gasteiger partial charge in [-0.1, -0.05) is 19.8 Å². The Hall–Kier alpha value is -2.68. The molecule has 1 amide bonds. The van der Waals surface area contributed by atoms with Gasteiger partial charge in [-0.3, -0.25) is 14.9 Å². The Balaban J connectivity index is 2.70. The van der Waals surface area contributed by atoms with Gasteiger partial charge in [-0.25, -0.2) is 4.79 Å². The molecule has 144 valence electrons. The fraction of sp³-hybridized carbons (Fsp3) is 0.529. The van der Waals surface area contributed by atoms with Crippen molar-refractivity contribution in [3.05, 3.63) is 33.9 Å². The summed E-state index contributed by atoms with van der Waals surface area (Å²) in [6, 6.07) is 3.83. The number of non-ortho nitro benzene ring substituents is 1. The highest BCUT2D eigenvalue weighted by Gasteiger charge is 2.19. The van der Waals surface area contributed by atoms with Crippen LogP contribution in [0.5, 0.6) is 0 Å². The molecule has 9 nitrogen and oxygen atoms in total. The SMILES string of the molecule is CCCCCNC(=O)COC(=O)c1cc([N+](=O)[O-])ccc1NCCOC. The zero-order valence-corrected chi connectivity index (χ0v) is 15.1. The van der Waals surface area contributed by atoms with Crippen LogP contribution in [0.2, 0.25) is 0 Å². The third-order valence-corrected chi connectivity index (χ3v) is 3.49. The summed E-state index contributed by atoms with van der Waals surface area (Å²) < 4.78 is 9.90. The molecule has 26 heavy (non-hydrogen) atoms. The van der Waals surface area contributed by atoms with Crippen LogP contribution in [0, 0.1) is 10.1 Å². The van der Waals surface area contributed by atoms with Gasteiger partial charge in [0, 0.05) is 38.0 Å². The summed E-state index contributed by atoms with van der Waals surface area (Å²) in [6.07, 6.45) is 2.90. The van der Waals surface area contributed by atoms with E-state index in [-0.39, 0.29) is 11.3 Å². The molecule has 0 atom stereocenters. The number of methoxy groups -OCH3 is 1. The number of rotatable bonds is 12. The van der Waals surface area contributed by atoms with Crippen molar-refractivity contribution in [2.45, 2.75) is 26.2 Å². The number of nitrogens with zero attached hydrogens (tertiary/aromatic N) is 1. The van der Waals surface area contributed by atoms with E-state index >= 15 is 0 Å². The summed E-state index contributed by atoms with van der Waals surface area (Å²) in [5, 5.41) is 16.5. The van der Waals surface area contributed by atoms with E-state index in [1.807, 2.05) is 0 Å². The van der Waals surface area contributed by atoms with Gasteiger partial charge >= 0.3 is 5.97 Å². The number of carbonyl (C=O) groups excluding carboxylic acids is 2. The Morgan fingerprint density at radius 3 is 2.65 bits per heavy atom. The second-order valence-electron chi connectivity index (χ2n) is 5.54. The molecule has 0 aliphatic carbocycles. The van der Waals surface area contributed by atoms with E-state index in [9.17, 15) is 19.7 Å². The molecular formula is C17H25N3O6. The molecule has 0 bridgehead atoms. The first-order chi connectivity index (χ1) is 12.5. The Bertz CT molecular complexity index is 621. The first-order valence-corrected chi connectivity index (χ1v) is 8.44. The predicted molar refractivity (Wildman–Crippen MR) is 96.3 cm³/mol. The van der Waals surface area contributed by atoms with E-state index in [1.54, 1.807) is 0 Å². The van der Waals surface area contributed by atoms with Gasteiger partial charge in [-0.15, -0.1) is 0 Å². The fourth-order valence-electron chi connectivity index (χ4n) is 2.12. The highest BCUT2D eigenvalue weighted by molar-refractivity contribution is 5.97. The number of esters is 1. The van der Waals surface area contributed by atoms with Gasteiger partial charge < -0.3 is 20.1 Å². The molecule has 1 aromatic rings. The average molecular weight is 367 g/mol. The summed E-state index contributed by atoms with van der Waals surface area (Å²) in [4.78, 5) is 34.3. The molecule has 0 saturated carbocycles. The van der Waals surface area contributed by atoms with Crippen LogP contribution >= 0.6 is 0 Å². The molecule has 1 aromatic carbocycles. The Labute approximate surface area is 152 Å². The minimum absolute atomic E-state index is 0.00548. The lowest BCUT2D eigenvalue weighted by atomic mass is 10.1. The van der Waals surface area contributed by atoms with Crippen LogP contribution in [-0.4, -0.2) is 50.2 Å². The zero-order chi connectivity index (χ0) is 19.4. The lowest BCUT2D eigenvalue weighted by Gasteiger charge is -2.11. The van der Waals surface area contributed by atoms with E-state index in [0.29, 0.717) is 25.4 Å². The number of hydrogen-bond donors (Lipinski definition) is 2. The number of nitro benzene ring substituents is 1. The van der Waals surface area contributed by atoms with Crippen LogP contribution in [0.1, 0.15) is 36.5 Å². The first kappa shape index (κ1) is 21.4. The van der Waals surface area contributed by atoms with E-state index in [1.165, 1.54) is 19.2 Å². The number of ether oxygens (including phenoxy) is 2. The lowest BCUT2D eigenvalue weighted by molar-refractivity contribution is -0.384. The van der Waals surface area contributed by atoms with Gasteiger partial charge in [0.1, 0.15) is 0 Å². The number of unbranched alkanes of at least 4 members (excludes halogenated alkanes) is 2. The Morgan fingerprint density at radius 1 is 1.23 bits per heavy atom. The van der Waals surface area contributed by atoms with Crippen LogP contribution < -0.4 is 10.6 Å². The Kier molecular flexibility index (Phi) is 9.70. The molecule has 1 rings (SSSR count). The van der Waals surface area contributed by atoms with Gasteiger partial charge in [0.15, 0.2) is 6.61 Å². The molecule has 0 radical (unpaired) electrons. The highest BCUT2D eigenvalue weighted by Crippen LogP contribution is 2.23. The molecule has 0 aliphatic rings. The van der Waals surface area contributed by atoms with E-state index in [4.69, 9.17) is 9.47 Å². The molecule has 0 spiro atoms. The fourth-order valence-corrected chi connectivity index (χ4v) is 2.12. The Morgan fingerprint density at radius 2 is 2.00 bits per heavy atom. The second-order valence-corrected chi connectivity index (χ2v) is 5.54. The summed E-state index contributed by atoms with van der Waals surface area (Å²) in [5.74, 6) is -1.22. The van der Waals surface area contributed by atoms with Crippen molar-refractivity contribution in [2.24, 2.45) is 0 Å². The minimum atomic E-state index is -0.808. The van der Waals surface area contributed by atoms with Crippen LogP contribution in [0.25, 0.3) is 0 Å². The predicted octanol–water partition coefficient (Wildman–Crippen LogP) is 2.12. The molecule has 0 aromatic heterocycles. The first-order valence-electron chi connectivity index (χ1n) is 8.44. The third-order valence-electron chi connectivity index (χ3n) is 3.49. The number of hydrogen-bond acceptors (Lipinski definition) is 7. The van der Waals surface area contributed by atoms with E-state index in [2.05, 4.69) is 17.6 Å². The third kappa shape index (κ3) is 7.47. The number of amides is 1. The smallest absolute Gasteiger partial charge is 0.341 e. The molecule has 0 heterocycles. The van der Waals surface area contributed by atoms with Crippen LogP contribution in [0.3, 0.4) is 0 Å². The summed E-state index contributed by atoms with van der Waals surface area (Å²) >= 11 is 0. The van der Waals surface area contributed by atoms with Crippen molar-refractivity contribution in [3.63, 3.8) is 0 Å². The number of nitro groups is 1. The number of carbonyl (C=O) groups is 2.